The van der Waals surface area contributed by atoms with Gasteiger partial charge in [0.2, 0.25) is 0 Å². The topological polar surface area (TPSA) is 71.1 Å². The Hall–Kier alpha value is -1.43. The molecule has 0 aliphatic carbocycles. The predicted octanol–water partition coefficient (Wildman–Crippen LogP) is 1.57. The summed E-state index contributed by atoms with van der Waals surface area (Å²) in [5.74, 6) is 1.23. The number of carbonyl (C=O) groups excluding carboxylic acids is 1. The van der Waals surface area contributed by atoms with Crippen molar-refractivity contribution in [2.75, 3.05) is 30.4 Å². The molecule has 0 aliphatic rings. The summed E-state index contributed by atoms with van der Waals surface area (Å²) >= 11 is 0. The van der Waals surface area contributed by atoms with E-state index in [1.54, 1.807) is 12.3 Å². The summed E-state index contributed by atoms with van der Waals surface area (Å²) in [5.41, 5.74) is 1.51. The summed E-state index contributed by atoms with van der Waals surface area (Å²) in [6, 6.07) is 3.57. The van der Waals surface area contributed by atoms with Crippen LogP contribution in [0.3, 0.4) is 0 Å². The van der Waals surface area contributed by atoms with Crippen LogP contribution in [0.4, 0.5) is 5.82 Å². The summed E-state index contributed by atoms with van der Waals surface area (Å²) in [5, 5.41) is 5.97. The summed E-state index contributed by atoms with van der Waals surface area (Å²) < 4.78 is 10.9. The van der Waals surface area contributed by atoms with Gasteiger partial charge >= 0.3 is 0 Å². The second-order valence-electron chi connectivity index (χ2n) is 4.50. The third-order valence-corrected chi connectivity index (χ3v) is 3.62. The van der Waals surface area contributed by atoms with Gasteiger partial charge in [-0.2, -0.15) is 0 Å². The van der Waals surface area contributed by atoms with Gasteiger partial charge in [-0.25, -0.2) is 4.98 Å². The molecule has 112 valence electrons. The summed E-state index contributed by atoms with van der Waals surface area (Å²) in [6.07, 6.45) is 3.18. The maximum absolute atomic E-state index is 12.1. The number of pyridine rings is 1. The summed E-state index contributed by atoms with van der Waals surface area (Å²) in [4.78, 5) is 16.5. The lowest BCUT2D eigenvalue weighted by atomic mass is 10.2. The second-order valence-corrected chi connectivity index (χ2v) is 6.06. The molecule has 0 saturated heterocycles. The number of hydrogen-bond donors (Lipinski definition) is 2. The number of aryl methyl sites for hydroxylation is 1. The number of nitrogens with zero attached hydrogens (tertiary/aromatic N) is 1. The van der Waals surface area contributed by atoms with Crippen molar-refractivity contribution >= 4 is 22.5 Å². The average molecular weight is 297 g/mol. The lowest BCUT2D eigenvalue weighted by molar-refractivity contribution is 0.0953. The van der Waals surface area contributed by atoms with Crippen LogP contribution in [-0.2, 0) is 17.2 Å². The normalized spacial score (nSPS) is 11.9. The Labute approximate surface area is 123 Å². The molecule has 0 aliphatic heterocycles. The number of carbonyl (C=O) groups is 1. The Morgan fingerprint density at radius 3 is 2.70 bits per heavy atom. The van der Waals surface area contributed by atoms with E-state index >= 15 is 0 Å². The van der Waals surface area contributed by atoms with E-state index in [1.807, 2.05) is 19.9 Å². The molecule has 0 radical (unpaired) electrons. The fourth-order valence-corrected chi connectivity index (χ4v) is 2.30. The first-order valence-corrected chi connectivity index (χ1v) is 8.62. The number of aromatic nitrogens is 1. The molecule has 1 aromatic rings. The molecule has 2 N–H and O–H groups in total. The van der Waals surface area contributed by atoms with E-state index in [0.29, 0.717) is 17.9 Å². The standard InChI is InChI=1S/C14H23N3O2S/c1-4-12-9-11(10-13(17-12)15-5-2)14(18)16-7-6-8-20(3)19/h9-10H,4-8H2,1-3H3,(H,15,17)(H,16,18). The first-order valence-electron chi connectivity index (χ1n) is 6.89. The third kappa shape index (κ3) is 5.69. The molecule has 0 spiro atoms. The average Bonchev–Trinajstić information content (AvgIpc) is 2.43. The van der Waals surface area contributed by atoms with Crippen LogP contribution in [0.1, 0.15) is 36.3 Å². The van der Waals surface area contributed by atoms with Gasteiger partial charge in [-0.1, -0.05) is 6.92 Å². The van der Waals surface area contributed by atoms with Crippen molar-refractivity contribution in [1.82, 2.24) is 10.3 Å². The van der Waals surface area contributed by atoms with Crippen LogP contribution >= 0.6 is 0 Å². The molecule has 0 aromatic carbocycles. The monoisotopic (exact) mass is 297 g/mol. The van der Waals surface area contributed by atoms with Gasteiger partial charge in [-0.05, 0) is 31.9 Å². The molecule has 1 aromatic heterocycles. The van der Waals surface area contributed by atoms with Gasteiger partial charge in [0.1, 0.15) is 5.82 Å². The molecule has 6 heteroatoms. The summed E-state index contributed by atoms with van der Waals surface area (Å²) in [7, 11) is -0.808. The maximum Gasteiger partial charge on any atom is 0.251 e. The summed E-state index contributed by atoms with van der Waals surface area (Å²) in [6.45, 7) is 5.31. The lowest BCUT2D eigenvalue weighted by Crippen LogP contribution is -2.25. The number of hydrogen-bond acceptors (Lipinski definition) is 4. The quantitative estimate of drug-likeness (QED) is 0.715. The van der Waals surface area contributed by atoms with E-state index in [0.717, 1.165) is 30.9 Å². The van der Waals surface area contributed by atoms with E-state index in [9.17, 15) is 9.00 Å². The van der Waals surface area contributed by atoms with Crippen LogP contribution < -0.4 is 10.6 Å². The van der Waals surface area contributed by atoms with Crippen molar-refractivity contribution in [2.24, 2.45) is 0 Å². The lowest BCUT2D eigenvalue weighted by Gasteiger charge is -2.09. The minimum absolute atomic E-state index is 0.108. The van der Waals surface area contributed by atoms with E-state index in [2.05, 4.69) is 15.6 Å². The van der Waals surface area contributed by atoms with Gasteiger partial charge in [0.05, 0.1) is 0 Å². The minimum atomic E-state index is -0.808. The van der Waals surface area contributed by atoms with Crippen molar-refractivity contribution in [3.8, 4) is 0 Å². The Balaban J connectivity index is 2.66. The van der Waals surface area contributed by atoms with Crippen molar-refractivity contribution in [1.29, 1.82) is 0 Å². The molecule has 1 rings (SSSR count). The highest BCUT2D eigenvalue weighted by molar-refractivity contribution is 7.84. The van der Waals surface area contributed by atoms with E-state index < -0.39 is 10.8 Å². The first-order chi connectivity index (χ1) is 9.56. The van der Waals surface area contributed by atoms with Gasteiger partial charge in [-0.15, -0.1) is 0 Å². The number of nitrogens with one attached hydrogen (secondary N) is 2. The van der Waals surface area contributed by atoms with Gasteiger partial charge < -0.3 is 10.6 Å². The third-order valence-electron chi connectivity index (χ3n) is 2.75. The van der Waals surface area contributed by atoms with Crippen LogP contribution in [0.25, 0.3) is 0 Å². The van der Waals surface area contributed by atoms with Crippen molar-refractivity contribution < 1.29 is 9.00 Å². The Bertz CT molecular complexity index is 477. The van der Waals surface area contributed by atoms with Crippen molar-refractivity contribution in [3.63, 3.8) is 0 Å². The van der Waals surface area contributed by atoms with E-state index in [-0.39, 0.29) is 5.91 Å². The van der Waals surface area contributed by atoms with Crippen LogP contribution in [0.15, 0.2) is 12.1 Å². The predicted molar refractivity (Wildman–Crippen MR) is 83.7 cm³/mol. The van der Waals surface area contributed by atoms with Gasteiger partial charge in [0.25, 0.3) is 5.91 Å². The molecule has 1 amide bonds. The highest BCUT2D eigenvalue weighted by Gasteiger charge is 2.09. The fourth-order valence-electron chi connectivity index (χ4n) is 1.75. The second kappa shape index (κ2) is 8.68. The van der Waals surface area contributed by atoms with Gasteiger partial charge in [-0.3, -0.25) is 9.00 Å². The minimum Gasteiger partial charge on any atom is -0.370 e. The van der Waals surface area contributed by atoms with Gasteiger partial charge in [0, 0.05) is 47.2 Å². The molecule has 0 bridgehead atoms. The Morgan fingerprint density at radius 1 is 1.35 bits per heavy atom. The zero-order chi connectivity index (χ0) is 15.0. The zero-order valence-corrected chi connectivity index (χ0v) is 13.2. The molecule has 1 unspecified atom stereocenters. The largest absolute Gasteiger partial charge is 0.370 e. The number of anilines is 1. The molecule has 20 heavy (non-hydrogen) atoms. The van der Waals surface area contributed by atoms with E-state index in [1.165, 1.54) is 0 Å². The molecule has 0 fully saturated rings. The van der Waals surface area contributed by atoms with Crippen LogP contribution in [-0.4, -0.2) is 40.2 Å². The Morgan fingerprint density at radius 2 is 2.10 bits per heavy atom. The van der Waals surface area contributed by atoms with E-state index in [4.69, 9.17) is 0 Å². The molecule has 1 heterocycles. The Kier molecular flexibility index (Phi) is 7.22. The zero-order valence-electron chi connectivity index (χ0n) is 12.4. The SMILES string of the molecule is CCNc1cc(C(=O)NCCCS(C)=O)cc(CC)n1. The van der Waals surface area contributed by atoms with Crippen LogP contribution in [0.5, 0.6) is 0 Å². The van der Waals surface area contributed by atoms with Crippen LogP contribution in [0, 0.1) is 0 Å². The van der Waals surface area contributed by atoms with Crippen molar-refractivity contribution in [2.45, 2.75) is 26.7 Å². The highest BCUT2D eigenvalue weighted by atomic mass is 32.2. The fraction of sp³-hybridized carbons (Fsp3) is 0.571. The molecule has 5 nitrogen and oxygen atoms in total. The maximum atomic E-state index is 12.1. The number of rotatable bonds is 8. The van der Waals surface area contributed by atoms with Crippen molar-refractivity contribution in [3.05, 3.63) is 23.4 Å². The molecule has 1 atom stereocenters. The number of amides is 1. The molecular formula is C14H23N3O2S. The molecular weight excluding hydrogens is 274 g/mol. The van der Waals surface area contributed by atoms with Crippen LogP contribution in [0.2, 0.25) is 0 Å². The smallest absolute Gasteiger partial charge is 0.251 e. The van der Waals surface area contributed by atoms with Gasteiger partial charge in [0.15, 0.2) is 0 Å². The highest BCUT2D eigenvalue weighted by Crippen LogP contribution is 2.11. The molecule has 0 saturated carbocycles. The first kappa shape index (κ1) is 16.6.